The van der Waals surface area contributed by atoms with E-state index < -0.39 is 0 Å². The molecule has 1 aliphatic rings. The van der Waals surface area contributed by atoms with Gasteiger partial charge in [0.25, 0.3) is 0 Å². The van der Waals surface area contributed by atoms with Crippen molar-refractivity contribution in [2.45, 2.75) is 64.5 Å². The molecule has 0 spiro atoms. The van der Waals surface area contributed by atoms with E-state index in [0.717, 1.165) is 31.8 Å². The fourth-order valence-corrected chi connectivity index (χ4v) is 2.56. The van der Waals surface area contributed by atoms with Crippen LogP contribution in [0.1, 0.15) is 52.9 Å². The van der Waals surface area contributed by atoms with Crippen LogP contribution in [-0.4, -0.2) is 18.2 Å². The molecule has 2 nitrogen and oxygen atoms in total. The summed E-state index contributed by atoms with van der Waals surface area (Å²) in [7, 11) is 0. The molecular formula is C14H25NO. The zero-order valence-electron chi connectivity index (χ0n) is 10.9. The van der Waals surface area contributed by atoms with Crippen LogP contribution in [0.4, 0.5) is 0 Å². The minimum Gasteiger partial charge on any atom is -0.374 e. The third-order valence-electron chi connectivity index (χ3n) is 3.73. The Morgan fingerprint density at radius 3 is 2.56 bits per heavy atom. The van der Waals surface area contributed by atoms with Crippen LogP contribution in [0, 0.1) is 17.8 Å². The van der Waals surface area contributed by atoms with Crippen LogP contribution in [0.2, 0.25) is 0 Å². The topological polar surface area (TPSA) is 35.2 Å². The van der Waals surface area contributed by atoms with Gasteiger partial charge in [0.15, 0.2) is 0 Å². The molecule has 92 valence electrons. The Bertz CT molecular complexity index is 256. The number of hydrogen-bond donors (Lipinski definition) is 1. The van der Waals surface area contributed by atoms with Gasteiger partial charge in [0.2, 0.25) is 0 Å². The van der Waals surface area contributed by atoms with Gasteiger partial charge in [-0.1, -0.05) is 6.92 Å². The first kappa shape index (κ1) is 13.5. The Labute approximate surface area is 99.9 Å². The molecule has 0 aromatic rings. The Kier molecular flexibility index (Phi) is 5.31. The summed E-state index contributed by atoms with van der Waals surface area (Å²) in [4.78, 5) is 0. The van der Waals surface area contributed by atoms with Crippen LogP contribution in [0.5, 0.6) is 0 Å². The van der Waals surface area contributed by atoms with Crippen LogP contribution in [0.25, 0.3) is 0 Å². The van der Waals surface area contributed by atoms with E-state index in [1.54, 1.807) is 0 Å². The largest absolute Gasteiger partial charge is 0.374 e. The van der Waals surface area contributed by atoms with E-state index in [1.165, 1.54) is 12.8 Å². The molecule has 1 atom stereocenters. The van der Waals surface area contributed by atoms with E-state index in [0.29, 0.717) is 0 Å². The second kappa shape index (κ2) is 6.27. The number of nitrogens with two attached hydrogens (primary N) is 1. The Hall–Kier alpha value is -0.520. The van der Waals surface area contributed by atoms with E-state index in [-0.39, 0.29) is 11.6 Å². The molecule has 0 bridgehead atoms. The molecule has 0 heterocycles. The average Bonchev–Trinajstić information content (AvgIpc) is 2.29. The number of hydrogen-bond acceptors (Lipinski definition) is 2. The molecular weight excluding hydrogens is 198 g/mol. The first-order valence-corrected chi connectivity index (χ1v) is 6.43. The van der Waals surface area contributed by atoms with Gasteiger partial charge >= 0.3 is 0 Å². The van der Waals surface area contributed by atoms with Gasteiger partial charge in [-0.15, -0.1) is 11.8 Å². The maximum Gasteiger partial charge on any atom is 0.0842 e. The van der Waals surface area contributed by atoms with E-state index in [1.807, 2.05) is 6.92 Å². The summed E-state index contributed by atoms with van der Waals surface area (Å²) in [6, 6.07) is 0.0624. The number of ether oxygens (including phenoxy) is 1. The fourth-order valence-electron chi connectivity index (χ4n) is 2.56. The minimum absolute atomic E-state index is 0.0624. The third-order valence-corrected chi connectivity index (χ3v) is 3.73. The highest BCUT2D eigenvalue weighted by Gasteiger charge is 2.39. The van der Waals surface area contributed by atoms with Gasteiger partial charge in [-0.05, 0) is 45.4 Å². The highest BCUT2D eigenvalue weighted by Crippen LogP contribution is 2.37. The summed E-state index contributed by atoms with van der Waals surface area (Å²) < 4.78 is 5.98. The molecule has 2 heteroatoms. The van der Waals surface area contributed by atoms with E-state index in [4.69, 9.17) is 10.5 Å². The maximum absolute atomic E-state index is 6.27. The molecule has 1 aliphatic carbocycles. The normalized spacial score (nSPS) is 31.6. The first-order chi connectivity index (χ1) is 7.64. The van der Waals surface area contributed by atoms with E-state index >= 15 is 0 Å². The second-order valence-corrected chi connectivity index (χ2v) is 4.92. The van der Waals surface area contributed by atoms with Crippen LogP contribution in [-0.2, 0) is 4.74 Å². The SMILES string of the molecule is CC#CCC(N)C1(OCC)CCC(C)CC1. The molecule has 16 heavy (non-hydrogen) atoms. The molecule has 0 saturated heterocycles. The lowest BCUT2D eigenvalue weighted by molar-refractivity contribution is -0.0875. The first-order valence-electron chi connectivity index (χ1n) is 6.43. The minimum atomic E-state index is -0.106. The van der Waals surface area contributed by atoms with Crippen molar-refractivity contribution in [3.63, 3.8) is 0 Å². The summed E-state index contributed by atoms with van der Waals surface area (Å²) in [5.41, 5.74) is 6.17. The van der Waals surface area contributed by atoms with Gasteiger partial charge in [0.05, 0.1) is 5.60 Å². The Balaban J connectivity index is 2.66. The van der Waals surface area contributed by atoms with Crippen LogP contribution in [0.15, 0.2) is 0 Å². The molecule has 0 radical (unpaired) electrons. The van der Waals surface area contributed by atoms with Gasteiger partial charge < -0.3 is 10.5 Å². The zero-order valence-corrected chi connectivity index (χ0v) is 10.9. The molecule has 2 N–H and O–H groups in total. The molecule has 1 saturated carbocycles. The van der Waals surface area contributed by atoms with Crippen molar-refractivity contribution in [1.82, 2.24) is 0 Å². The lowest BCUT2D eigenvalue weighted by Gasteiger charge is -2.42. The van der Waals surface area contributed by atoms with Gasteiger partial charge in [-0.2, -0.15) is 0 Å². The van der Waals surface area contributed by atoms with Crippen molar-refractivity contribution < 1.29 is 4.74 Å². The highest BCUT2D eigenvalue weighted by atomic mass is 16.5. The Morgan fingerprint density at radius 1 is 1.44 bits per heavy atom. The van der Waals surface area contributed by atoms with Crippen molar-refractivity contribution in [3.05, 3.63) is 0 Å². The van der Waals surface area contributed by atoms with Crippen molar-refractivity contribution in [2.75, 3.05) is 6.61 Å². The summed E-state index contributed by atoms with van der Waals surface area (Å²) in [5, 5.41) is 0. The van der Waals surface area contributed by atoms with E-state index in [2.05, 4.69) is 25.7 Å². The van der Waals surface area contributed by atoms with Crippen LogP contribution in [0.3, 0.4) is 0 Å². The Morgan fingerprint density at radius 2 is 2.06 bits per heavy atom. The molecule has 0 aromatic heterocycles. The van der Waals surface area contributed by atoms with Crippen molar-refractivity contribution >= 4 is 0 Å². The van der Waals surface area contributed by atoms with Gasteiger partial charge in [0, 0.05) is 19.1 Å². The number of rotatable bonds is 4. The summed E-state index contributed by atoms with van der Waals surface area (Å²) >= 11 is 0. The molecule has 1 rings (SSSR count). The molecule has 0 aromatic carbocycles. The smallest absolute Gasteiger partial charge is 0.0842 e. The zero-order chi connectivity index (χ0) is 12.0. The third kappa shape index (κ3) is 3.23. The predicted molar refractivity (Wildman–Crippen MR) is 68.0 cm³/mol. The second-order valence-electron chi connectivity index (χ2n) is 4.92. The lowest BCUT2D eigenvalue weighted by Crippen LogP contribution is -2.52. The molecule has 1 fully saturated rings. The predicted octanol–water partition coefficient (Wildman–Crippen LogP) is 2.71. The van der Waals surface area contributed by atoms with Gasteiger partial charge in [-0.3, -0.25) is 0 Å². The summed E-state index contributed by atoms with van der Waals surface area (Å²) in [6.45, 7) is 6.98. The van der Waals surface area contributed by atoms with Crippen molar-refractivity contribution in [2.24, 2.45) is 11.7 Å². The monoisotopic (exact) mass is 223 g/mol. The summed E-state index contributed by atoms with van der Waals surface area (Å²) in [6.07, 6.45) is 5.40. The van der Waals surface area contributed by atoms with Gasteiger partial charge in [0.1, 0.15) is 0 Å². The fraction of sp³-hybridized carbons (Fsp3) is 0.857. The quantitative estimate of drug-likeness (QED) is 0.744. The molecule has 0 aliphatic heterocycles. The maximum atomic E-state index is 6.27. The standard InChI is InChI=1S/C14H25NO/c1-4-6-7-13(15)14(16-5-2)10-8-12(3)9-11-14/h12-13H,5,7-11,15H2,1-3H3. The highest BCUT2D eigenvalue weighted by molar-refractivity contribution is 5.04. The lowest BCUT2D eigenvalue weighted by atomic mass is 9.74. The molecule has 1 unspecified atom stereocenters. The molecule has 0 amide bonds. The van der Waals surface area contributed by atoms with Crippen molar-refractivity contribution in [1.29, 1.82) is 0 Å². The van der Waals surface area contributed by atoms with Gasteiger partial charge in [-0.25, -0.2) is 0 Å². The van der Waals surface area contributed by atoms with Crippen LogP contribution < -0.4 is 5.73 Å². The van der Waals surface area contributed by atoms with Crippen LogP contribution >= 0.6 is 0 Å². The average molecular weight is 223 g/mol. The van der Waals surface area contributed by atoms with Crippen molar-refractivity contribution in [3.8, 4) is 11.8 Å². The summed E-state index contributed by atoms with van der Waals surface area (Å²) in [5.74, 6) is 6.82. The van der Waals surface area contributed by atoms with E-state index in [9.17, 15) is 0 Å².